The molecule has 7 heteroatoms. The van der Waals surface area contributed by atoms with Gasteiger partial charge in [0, 0.05) is 13.1 Å². The van der Waals surface area contributed by atoms with Gasteiger partial charge in [0.15, 0.2) is 5.82 Å². The van der Waals surface area contributed by atoms with E-state index in [1.54, 1.807) is 7.05 Å². The molecule has 5 nitrogen and oxygen atoms in total. The Morgan fingerprint density at radius 1 is 1.44 bits per heavy atom. The van der Waals surface area contributed by atoms with Crippen molar-refractivity contribution in [3.63, 3.8) is 0 Å². The Bertz CT molecular complexity index is 609. The number of anilines is 2. The highest BCUT2D eigenvalue weighted by molar-refractivity contribution is 6.04. The van der Waals surface area contributed by atoms with E-state index in [-0.39, 0.29) is 0 Å². The lowest BCUT2D eigenvalue weighted by Crippen LogP contribution is -2.17. The first-order chi connectivity index (χ1) is 8.49. The predicted molar refractivity (Wildman–Crippen MR) is 61.9 cm³/mol. The molecule has 0 aliphatic heterocycles. The Labute approximate surface area is 101 Å². The van der Waals surface area contributed by atoms with E-state index in [1.165, 1.54) is 16.9 Å². The van der Waals surface area contributed by atoms with E-state index >= 15 is 0 Å². The van der Waals surface area contributed by atoms with Gasteiger partial charge in [-0.15, -0.1) is 0 Å². The zero-order valence-electron chi connectivity index (χ0n) is 9.45. The van der Waals surface area contributed by atoms with Crippen LogP contribution in [0.15, 0.2) is 24.4 Å². The Kier molecular flexibility index (Phi) is 2.97. The number of halogens is 2. The van der Waals surface area contributed by atoms with E-state index in [2.05, 4.69) is 10.4 Å². The number of nitrogens with two attached hydrogens (primary N) is 1. The molecule has 0 radical (unpaired) electrons. The fourth-order valence-corrected chi connectivity index (χ4v) is 1.46. The van der Waals surface area contributed by atoms with E-state index in [4.69, 9.17) is 5.73 Å². The number of aromatic nitrogens is 2. The standard InChI is InChI=1S/C11H10F2N4O/c1-17-9(2-3-15-17)16-11(18)7-4-6(12)5-8(14)10(7)13/h2-5H,14H2,1H3,(H,16,18). The quantitative estimate of drug-likeness (QED) is 0.796. The minimum atomic E-state index is -0.948. The fraction of sp³-hybridized carbons (Fsp3) is 0.0909. The van der Waals surface area contributed by atoms with Gasteiger partial charge >= 0.3 is 0 Å². The maximum atomic E-state index is 13.6. The van der Waals surface area contributed by atoms with Crippen LogP contribution in [0.1, 0.15) is 10.4 Å². The third-order valence-corrected chi connectivity index (χ3v) is 2.37. The molecule has 94 valence electrons. The summed E-state index contributed by atoms with van der Waals surface area (Å²) in [5.41, 5.74) is 4.39. The molecular formula is C11H10F2N4O. The molecule has 18 heavy (non-hydrogen) atoms. The normalized spacial score (nSPS) is 10.4. The van der Waals surface area contributed by atoms with Gasteiger partial charge in [-0.1, -0.05) is 0 Å². The van der Waals surface area contributed by atoms with Crippen LogP contribution in [0.5, 0.6) is 0 Å². The summed E-state index contributed by atoms with van der Waals surface area (Å²) in [6.07, 6.45) is 1.46. The van der Waals surface area contributed by atoms with Crippen LogP contribution < -0.4 is 11.1 Å². The van der Waals surface area contributed by atoms with Gasteiger partial charge in [-0.3, -0.25) is 9.48 Å². The first-order valence-corrected chi connectivity index (χ1v) is 5.03. The maximum absolute atomic E-state index is 13.6. The number of rotatable bonds is 2. The minimum absolute atomic E-state index is 0.363. The second kappa shape index (κ2) is 4.44. The average molecular weight is 252 g/mol. The molecule has 0 saturated carbocycles. The van der Waals surface area contributed by atoms with Crippen LogP contribution in [0.4, 0.5) is 20.3 Å². The Morgan fingerprint density at radius 3 is 2.78 bits per heavy atom. The van der Waals surface area contributed by atoms with Crippen LogP contribution >= 0.6 is 0 Å². The largest absolute Gasteiger partial charge is 0.396 e. The number of hydrogen-bond donors (Lipinski definition) is 2. The lowest BCUT2D eigenvalue weighted by atomic mass is 10.1. The molecule has 0 unspecified atom stereocenters. The van der Waals surface area contributed by atoms with Crippen LogP contribution in [0, 0.1) is 11.6 Å². The van der Waals surface area contributed by atoms with E-state index < -0.39 is 28.8 Å². The third-order valence-electron chi connectivity index (χ3n) is 2.37. The summed E-state index contributed by atoms with van der Waals surface area (Å²) in [7, 11) is 1.60. The molecule has 1 amide bonds. The first-order valence-electron chi connectivity index (χ1n) is 5.03. The number of nitrogens with one attached hydrogen (secondary N) is 1. The monoisotopic (exact) mass is 252 g/mol. The van der Waals surface area contributed by atoms with E-state index in [0.29, 0.717) is 5.82 Å². The summed E-state index contributed by atoms with van der Waals surface area (Å²) in [6, 6.07) is 3.13. The number of benzene rings is 1. The van der Waals surface area contributed by atoms with E-state index in [9.17, 15) is 13.6 Å². The second-order valence-corrected chi connectivity index (χ2v) is 3.65. The summed E-state index contributed by atoms with van der Waals surface area (Å²) < 4.78 is 28.1. The number of carbonyl (C=O) groups excluding carboxylic acids is 1. The highest BCUT2D eigenvalue weighted by Gasteiger charge is 2.17. The molecule has 2 rings (SSSR count). The van der Waals surface area contributed by atoms with Gasteiger partial charge in [-0.05, 0) is 12.1 Å². The summed E-state index contributed by atoms with van der Waals surface area (Å²) >= 11 is 0. The second-order valence-electron chi connectivity index (χ2n) is 3.65. The van der Waals surface area contributed by atoms with Crippen molar-refractivity contribution in [2.75, 3.05) is 11.1 Å². The van der Waals surface area contributed by atoms with Gasteiger partial charge in [0.25, 0.3) is 5.91 Å². The molecule has 0 spiro atoms. The SMILES string of the molecule is Cn1nccc1NC(=O)c1cc(F)cc(N)c1F. The lowest BCUT2D eigenvalue weighted by Gasteiger charge is -2.07. The molecule has 0 aliphatic carbocycles. The predicted octanol–water partition coefficient (Wildman–Crippen LogP) is 1.53. The average Bonchev–Trinajstić information content (AvgIpc) is 2.69. The molecule has 0 bridgehead atoms. The molecule has 1 aromatic carbocycles. The Hall–Kier alpha value is -2.44. The molecule has 2 aromatic rings. The number of carbonyl (C=O) groups is 1. The highest BCUT2D eigenvalue weighted by Crippen LogP contribution is 2.18. The van der Waals surface area contributed by atoms with Crippen molar-refractivity contribution >= 4 is 17.4 Å². The van der Waals surface area contributed by atoms with Crippen LogP contribution in [0.2, 0.25) is 0 Å². The summed E-state index contributed by atoms with van der Waals surface area (Å²) in [6.45, 7) is 0. The molecular weight excluding hydrogens is 242 g/mol. The molecule has 1 heterocycles. The van der Waals surface area contributed by atoms with Gasteiger partial charge in [0.2, 0.25) is 0 Å². The number of aryl methyl sites for hydroxylation is 1. The van der Waals surface area contributed by atoms with Crippen LogP contribution in [-0.4, -0.2) is 15.7 Å². The van der Waals surface area contributed by atoms with Crippen molar-refractivity contribution in [1.82, 2.24) is 9.78 Å². The smallest absolute Gasteiger partial charge is 0.259 e. The number of nitrogens with zero attached hydrogens (tertiary/aromatic N) is 2. The van der Waals surface area contributed by atoms with Gasteiger partial charge in [-0.2, -0.15) is 5.10 Å². The van der Waals surface area contributed by atoms with Crippen LogP contribution in [-0.2, 0) is 7.05 Å². The fourth-order valence-electron chi connectivity index (χ4n) is 1.46. The number of nitrogen functional groups attached to an aromatic ring is 1. The third kappa shape index (κ3) is 2.15. The van der Waals surface area contributed by atoms with Gasteiger partial charge in [-0.25, -0.2) is 8.78 Å². The molecule has 0 fully saturated rings. The zero-order valence-corrected chi connectivity index (χ0v) is 9.45. The molecule has 3 N–H and O–H groups in total. The zero-order chi connectivity index (χ0) is 13.3. The van der Waals surface area contributed by atoms with Gasteiger partial charge in [0.05, 0.1) is 17.4 Å². The van der Waals surface area contributed by atoms with Crippen molar-refractivity contribution in [1.29, 1.82) is 0 Å². The van der Waals surface area contributed by atoms with Crippen LogP contribution in [0.3, 0.4) is 0 Å². The Morgan fingerprint density at radius 2 is 2.17 bits per heavy atom. The lowest BCUT2D eigenvalue weighted by molar-refractivity contribution is 0.102. The highest BCUT2D eigenvalue weighted by atomic mass is 19.1. The number of amides is 1. The first kappa shape index (κ1) is 12.0. The summed E-state index contributed by atoms with van der Waals surface area (Å²) in [5.74, 6) is -2.15. The Balaban J connectivity index is 2.32. The van der Waals surface area contributed by atoms with Crippen molar-refractivity contribution < 1.29 is 13.6 Å². The number of hydrogen-bond acceptors (Lipinski definition) is 3. The van der Waals surface area contributed by atoms with Crippen LogP contribution in [0.25, 0.3) is 0 Å². The van der Waals surface area contributed by atoms with E-state index in [0.717, 1.165) is 12.1 Å². The van der Waals surface area contributed by atoms with Crippen molar-refractivity contribution in [3.8, 4) is 0 Å². The minimum Gasteiger partial charge on any atom is -0.396 e. The molecule has 0 saturated heterocycles. The van der Waals surface area contributed by atoms with Crippen molar-refractivity contribution in [3.05, 3.63) is 41.6 Å². The molecule has 0 atom stereocenters. The maximum Gasteiger partial charge on any atom is 0.259 e. The topological polar surface area (TPSA) is 72.9 Å². The van der Waals surface area contributed by atoms with Gasteiger partial charge < -0.3 is 11.1 Å². The van der Waals surface area contributed by atoms with Crippen molar-refractivity contribution in [2.45, 2.75) is 0 Å². The van der Waals surface area contributed by atoms with Crippen molar-refractivity contribution in [2.24, 2.45) is 7.05 Å². The van der Waals surface area contributed by atoms with E-state index in [1.807, 2.05) is 0 Å². The van der Waals surface area contributed by atoms with Gasteiger partial charge in [0.1, 0.15) is 11.6 Å². The summed E-state index contributed by atoms with van der Waals surface area (Å²) in [5, 5.41) is 6.23. The molecule has 1 aromatic heterocycles. The summed E-state index contributed by atoms with van der Waals surface area (Å²) in [4.78, 5) is 11.8. The molecule has 0 aliphatic rings.